The van der Waals surface area contributed by atoms with Crippen molar-refractivity contribution in [1.82, 2.24) is 30.8 Å². The number of nitrogens with one attached hydrogen (secondary N) is 2. The van der Waals surface area contributed by atoms with Crippen LogP contribution in [0.3, 0.4) is 0 Å². The molecule has 9 nitrogen and oxygen atoms in total. The Bertz CT molecular complexity index is 393. The number of aliphatic carboxylic acids is 1. The summed E-state index contributed by atoms with van der Waals surface area (Å²) in [4.78, 5) is 23.9. The van der Waals surface area contributed by atoms with Gasteiger partial charge in [-0.25, -0.2) is 4.79 Å². The lowest BCUT2D eigenvalue weighted by Crippen LogP contribution is -2.45. The summed E-state index contributed by atoms with van der Waals surface area (Å²) in [6.07, 6.45) is -0.0938. The maximum atomic E-state index is 11.8. The van der Waals surface area contributed by atoms with Gasteiger partial charge in [0.15, 0.2) is 5.82 Å². The summed E-state index contributed by atoms with van der Waals surface area (Å²) in [7, 11) is 0. The van der Waals surface area contributed by atoms with E-state index in [0.717, 1.165) is 0 Å². The fraction of sp³-hybridized carbons (Fsp3) is 0.667. The molecule has 0 aliphatic heterocycles. The van der Waals surface area contributed by atoms with Crippen molar-refractivity contribution in [3.63, 3.8) is 0 Å². The molecule has 0 spiro atoms. The van der Waals surface area contributed by atoms with Crippen molar-refractivity contribution in [3.8, 4) is 0 Å². The van der Waals surface area contributed by atoms with E-state index in [1.807, 2.05) is 0 Å². The summed E-state index contributed by atoms with van der Waals surface area (Å²) in [5.74, 6) is -0.572. The smallest absolute Gasteiger partial charge is 0.318 e. The second-order valence-corrected chi connectivity index (χ2v) is 3.72. The van der Waals surface area contributed by atoms with Crippen molar-refractivity contribution in [2.24, 2.45) is 0 Å². The Kier molecular flexibility index (Phi) is 5.03. The summed E-state index contributed by atoms with van der Waals surface area (Å²) in [6.45, 7) is 4.04. The van der Waals surface area contributed by atoms with Crippen LogP contribution in [0.5, 0.6) is 0 Å². The number of carboxylic acids is 1. The largest absolute Gasteiger partial charge is 0.481 e. The highest BCUT2D eigenvalue weighted by atomic mass is 16.4. The number of amides is 2. The van der Waals surface area contributed by atoms with Crippen LogP contribution >= 0.6 is 0 Å². The van der Waals surface area contributed by atoms with Crippen LogP contribution in [0.2, 0.25) is 0 Å². The molecule has 0 fully saturated rings. The Morgan fingerprint density at radius 1 is 1.56 bits per heavy atom. The van der Waals surface area contributed by atoms with Gasteiger partial charge in [0.25, 0.3) is 0 Å². The number of carbonyl (C=O) groups excluding carboxylic acids is 1. The molecule has 0 saturated carbocycles. The minimum atomic E-state index is -0.938. The van der Waals surface area contributed by atoms with Crippen LogP contribution in [0.25, 0.3) is 0 Å². The summed E-state index contributed by atoms with van der Waals surface area (Å²) in [5.41, 5.74) is 0. The van der Waals surface area contributed by atoms with E-state index in [4.69, 9.17) is 5.11 Å². The number of aromatic nitrogens is 4. The minimum absolute atomic E-state index is 0.0938. The molecule has 0 aliphatic carbocycles. The first kappa shape index (κ1) is 13.9. The maximum absolute atomic E-state index is 11.8. The van der Waals surface area contributed by atoms with E-state index in [0.29, 0.717) is 12.4 Å². The number of tetrazole rings is 1. The zero-order valence-corrected chi connectivity index (χ0v) is 10.3. The van der Waals surface area contributed by atoms with Crippen LogP contribution in [0, 0.1) is 0 Å². The van der Waals surface area contributed by atoms with Crippen molar-refractivity contribution in [2.45, 2.75) is 32.9 Å². The van der Waals surface area contributed by atoms with E-state index >= 15 is 0 Å². The first-order valence-corrected chi connectivity index (χ1v) is 5.53. The number of hydrogen-bond acceptors (Lipinski definition) is 5. The average molecular weight is 256 g/mol. The molecular formula is C9H16N6O3. The number of urea groups is 1. The molecule has 1 rings (SSSR count). The van der Waals surface area contributed by atoms with E-state index in [2.05, 4.69) is 25.9 Å². The molecule has 1 atom stereocenters. The molecule has 0 aromatic carbocycles. The fourth-order valence-corrected chi connectivity index (χ4v) is 1.53. The molecule has 0 saturated heterocycles. The highest BCUT2D eigenvalue weighted by molar-refractivity contribution is 5.75. The van der Waals surface area contributed by atoms with E-state index in [1.54, 1.807) is 13.8 Å². The van der Waals surface area contributed by atoms with E-state index < -0.39 is 5.97 Å². The molecule has 0 aliphatic rings. The topological polar surface area (TPSA) is 124 Å². The highest BCUT2D eigenvalue weighted by Gasteiger charge is 2.20. The quantitative estimate of drug-likeness (QED) is 0.635. The van der Waals surface area contributed by atoms with Gasteiger partial charge in [-0.2, -0.15) is 5.21 Å². The lowest BCUT2D eigenvalue weighted by atomic mass is 10.2. The van der Waals surface area contributed by atoms with Gasteiger partial charge in [-0.1, -0.05) is 5.21 Å². The van der Waals surface area contributed by atoms with E-state index in [9.17, 15) is 9.59 Å². The van der Waals surface area contributed by atoms with Crippen LogP contribution in [-0.2, 0) is 11.3 Å². The molecule has 1 aromatic heterocycles. The van der Waals surface area contributed by atoms with Crippen molar-refractivity contribution >= 4 is 12.0 Å². The van der Waals surface area contributed by atoms with Crippen molar-refractivity contribution in [1.29, 1.82) is 0 Å². The molecule has 0 radical (unpaired) electrons. The zero-order chi connectivity index (χ0) is 13.5. The monoisotopic (exact) mass is 256 g/mol. The Morgan fingerprint density at radius 2 is 2.28 bits per heavy atom. The molecule has 2 amide bonds. The lowest BCUT2D eigenvalue weighted by molar-refractivity contribution is -0.138. The van der Waals surface area contributed by atoms with Crippen molar-refractivity contribution < 1.29 is 14.7 Å². The maximum Gasteiger partial charge on any atom is 0.318 e. The molecule has 18 heavy (non-hydrogen) atoms. The van der Waals surface area contributed by atoms with Crippen LogP contribution < -0.4 is 5.32 Å². The third kappa shape index (κ3) is 4.00. The number of hydrogen-bond donors (Lipinski definition) is 3. The van der Waals surface area contributed by atoms with Crippen molar-refractivity contribution in [3.05, 3.63) is 5.82 Å². The molecular weight excluding hydrogens is 240 g/mol. The van der Waals surface area contributed by atoms with Gasteiger partial charge in [-0.3, -0.25) is 4.79 Å². The van der Waals surface area contributed by atoms with Gasteiger partial charge in [0.05, 0.1) is 13.0 Å². The van der Waals surface area contributed by atoms with Gasteiger partial charge < -0.3 is 15.3 Å². The van der Waals surface area contributed by atoms with Crippen LogP contribution in [0.15, 0.2) is 0 Å². The first-order valence-electron chi connectivity index (χ1n) is 5.53. The lowest BCUT2D eigenvalue weighted by Gasteiger charge is -2.26. The highest BCUT2D eigenvalue weighted by Crippen LogP contribution is 2.04. The summed E-state index contributed by atoms with van der Waals surface area (Å²) < 4.78 is 0. The predicted molar refractivity (Wildman–Crippen MR) is 60.5 cm³/mol. The molecule has 0 bridgehead atoms. The standard InChI is InChI=1S/C9H16N6O3/c1-3-15(6(2)4-8(16)17)9(18)10-5-7-11-13-14-12-7/h6H,3-5H2,1-2H3,(H,10,18)(H,16,17)(H,11,12,13,14). The van der Waals surface area contributed by atoms with Crippen LogP contribution in [0.1, 0.15) is 26.1 Å². The van der Waals surface area contributed by atoms with Gasteiger partial charge in [0.2, 0.25) is 0 Å². The van der Waals surface area contributed by atoms with Gasteiger partial charge in [-0.05, 0) is 13.8 Å². The zero-order valence-electron chi connectivity index (χ0n) is 10.3. The summed E-state index contributed by atoms with van der Waals surface area (Å²) in [5, 5.41) is 24.3. The average Bonchev–Trinajstić information content (AvgIpc) is 2.79. The van der Waals surface area contributed by atoms with Gasteiger partial charge in [-0.15, -0.1) is 10.2 Å². The fourth-order valence-electron chi connectivity index (χ4n) is 1.53. The molecule has 100 valence electrons. The Labute approximate surface area is 104 Å². The molecule has 1 heterocycles. The Balaban J connectivity index is 2.48. The predicted octanol–water partition coefficient (Wildman–Crippen LogP) is -0.406. The first-order chi connectivity index (χ1) is 8.54. The number of carboxylic acid groups (broad SMARTS) is 1. The number of H-pyrrole nitrogens is 1. The van der Waals surface area contributed by atoms with E-state index in [-0.39, 0.29) is 25.0 Å². The van der Waals surface area contributed by atoms with E-state index in [1.165, 1.54) is 4.90 Å². The Hall–Kier alpha value is -2.19. The third-order valence-electron chi connectivity index (χ3n) is 2.39. The number of rotatable bonds is 6. The second-order valence-electron chi connectivity index (χ2n) is 3.72. The van der Waals surface area contributed by atoms with Gasteiger partial charge >= 0.3 is 12.0 Å². The molecule has 1 aromatic rings. The second kappa shape index (κ2) is 6.52. The molecule has 3 N–H and O–H groups in total. The summed E-state index contributed by atoms with van der Waals surface area (Å²) in [6, 6.07) is -0.728. The van der Waals surface area contributed by atoms with Crippen LogP contribution in [0.4, 0.5) is 4.79 Å². The normalized spacial score (nSPS) is 11.9. The van der Waals surface area contributed by atoms with Crippen LogP contribution in [-0.4, -0.2) is 55.2 Å². The van der Waals surface area contributed by atoms with Gasteiger partial charge in [0, 0.05) is 12.6 Å². The third-order valence-corrected chi connectivity index (χ3v) is 2.39. The van der Waals surface area contributed by atoms with Gasteiger partial charge in [0.1, 0.15) is 0 Å². The Morgan fingerprint density at radius 3 is 2.78 bits per heavy atom. The van der Waals surface area contributed by atoms with Crippen molar-refractivity contribution in [2.75, 3.05) is 6.54 Å². The number of aromatic amines is 1. The number of nitrogens with zero attached hydrogens (tertiary/aromatic N) is 4. The number of carbonyl (C=O) groups is 2. The summed E-state index contributed by atoms with van der Waals surface area (Å²) >= 11 is 0. The minimum Gasteiger partial charge on any atom is -0.481 e. The molecule has 9 heteroatoms. The SMILES string of the molecule is CCN(C(=O)NCc1nn[nH]n1)C(C)CC(=O)O. The molecule has 1 unspecified atom stereocenters.